The fourth-order valence-corrected chi connectivity index (χ4v) is 1.87. The van der Waals surface area contributed by atoms with Crippen molar-refractivity contribution >= 4 is 35.4 Å². The number of oxazole rings is 1. The molecule has 0 N–H and O–H groups in total. The first kappa shape index (κ1) is 12.2. The number of alkyl halides is 1. The fourth-order valence-electron chi connectivity index (χ4n) is 1.42. The van der Waals surface area contributed by atoms with Gasteiger partial charge in [-0.05, 0) is 30.7 Å². The average molecular weight is 268 g/mol. The molecule has 0 spiro atoms. The van der Waals surface area contributed by atoms with Crippen LogP contribution in [0.15, 0.2) is 28.7 Å². The highest BCUT2D eigenvalue weighted by Gasteiger charge is 2.05. The molecule has 0 saturated carbocycles. The van der Waals surface area contributed by atoms with E-state index in [0.29, 0.717) is 16.8 Å². The van der Waals surface area contributed by atoms with Crippen LogP contribution in [0, 0.1) is 6.92 Å². The van der Waals surface area contributed by atoms with Crippen molar-refractivity contribution in [3.05, 3.63) is 52.2 Å². The normalized spacial score (nSPS) is 11.2. The summed E-state index contributed by atoms with van der Waals surface area (Å²) in [6.45, 7) is 1.85. The van der Waals surface area contributed by atoms with Gasteiger partial charge in [0.15, 0.2) is 0 Å². The number of nitrogens with zero attached hydrogens (tertiary/aromatic N) is 1. The van der Waals surface area contributed by atoms with Gasteiger partial charge >= 0.3 is 0 Å². The number of aryl methyl sites for hydroxylation is 1. The molecule has 0 unspecified atom stereocenters. The predicted octanol–water partition coefficient (Wildman–Crippen LogP) is 4.55. The molecule has 1 heterocycles. The zero-order chi connectivity index (χ0) is 12.3. The number of aromatic nitrogens is 1. The van der Waals surface area contributed by atoms with Gasteiger partial charge in [0.1, 0.15) is 5.76 Å². The second kappa shape index (κ2) is 5.39. The molecule has 0 saturated heterocycles. The van der Waals surface area contributed by atoms with Crippen LogP contribution in [0.2, 0.25) is 5.02 Å². The van der Waals surface area contributed by atoms with Crippen LogP contribution in [0.3, 0.4) is 0 Å². The highest BCUT2D eigenvalue weighted by atomic mass is 35.5. The molecule has 0 fully saturated rings. The minimum absolute atomic E-state index is 0.361. The molecule has 0 atom stereocenters. The summed E-state index contributed by atoms with van der Waals surface area (Å²) in [5.74, 6) is 1.67. The lowest BCUT2D eigenvalue weighted by atomic mass is 10.2. The molecule has 0 aliphatic rings. The highest BCUT2D eigenvalue weighted by Crippen LogP contribution is 2.16. The monoisotopic (exact) mass is 267 g/mol. The van der Waals surface area contributed by atoms with Crippen LogP contribution in [0.25, 0.3) is 12.2 Å². The first-order valence-corrected chi connectivity index (χ1v) is 6.06. The Morgan fingerprint density at radius 2 is 2.18 bits per heavy atom. The molecule has 0 aliphatic carbocycles. The van der Waals surface area contributed by atoms with Gasteiger partial charge in [-0.25, -0.2) is 4.98 Å². The molecular formula is C13H11Cl2NO. The van der Waals surface area contributed by atoms with Gasteiger partial charge in [-0.1, -0.05) is 23.7 Å². The van der Waals surface area contributed by atoms with E-state index in [1.165, 1.54) is 0 Å². The first-order chi connectivity index (χ1) is 8.19. The fraction of sp³-hybridized carbons (Fsp3) is 0.154. The third-order valence-corrected chi connectivity index (χ3v) is 2.79. The van der Waals surface area contributed by atoms with Crippen molar-refractivity contribution in [2.24, 2.45) is 0 Å². The summed E-state index contributed by atoms with van der Waals surface area (Å²) in [5, 5.41) is 0.706. The molecule has 0 bridgehead atoms. The van der Waals surface area contributed by atoms with Gasteiger partial charge < -0.3 is 4.42 Å². The number of hydrogen-bond acceptors (Lipinski definition) is 2. The van der Waals surface area contributed by atoms with Crippen LogP contribution in [-0.2, 0) is 5.88 Å². The predicted molar refractivity (Wildman–Crippen MR) is 71.2 cm³/mol. The van der Waals surface area contributed by atoms with Gasteiger partial charge in [0.2, 0.25) is 5.89 Å². The minimum Gasteiger partial charge on any atom is -0.442 e. The quantitative estimate of drug-likeness (QED) is 0.763. The Morgan fingerprint density at radius 1 is 1.35 bits per heavy atom. The molecule has 0 amide bonds. The van der Waals surface area contributed by atoms with Gasteiger partial charge in [-0.2, -0.15) is 0 Å². The highest BCUT2D eigenvalue weighted by molar-refractivity contribution is 6.30. The van der Waals surface area contributed by atoms with Crippen LogP contribution >= 0.6 is 23.2 Å². The van der Waals surface area contributed by atoms with Crippen molar-refractivity contribution in [2.45, 2.75) is 12.8 Å². The van der Waals surface area contributed by atoms with Crippen LogP contribution in [-0.4, -0.2) is 4.98 Å². The SMILES string of the molecule is Cc1oc(C=Cc2cccc(Cl)c2)nc1CCl. The van der Waals surface area contributed by atoms with Crippen LogP contribution in [0.5, 0.6) is 0 Å². The smallest absolute Gasteiger partial charge is 0.219 e. The summed E-state index contributed by atoms with van der Waals surface area (Å²) < 4.78 is 5.44. The van der Waals surface area contributed by atoms with Gasteiger partial charge in [0.05, 0.1) is 11.6 Å². The Morgan fingerprint density at radius 3 is 2.82 bits per heavy atom. The van der Waals surface area contributed by atoms with Crippen LogP contribution in [0.1, 0.15) is 22.9 Å². The van der Waals surface area contributed by atoms with Crippen molar-refractivity contribution in [2.75, 3.05) is 0 Å². The van der Waals surface area contributed by atoms with E-state index in [-0.39, 0.29) is 0 Å². The Balaban J connectivity index is 2.20. The maximum absolute atomic E-state index is 5.89. The zero-order valence-electron chi connectivity index (χ0n) is 9.28. The molecule has 0 aliphatic heterocycles. The summed E-state index contributed by atoms with van der Waals surface area (Å²) in [4.78, 5) is 4.25. The molecule has 17 heavy (non-hydrogen) atoms. The van der Waals surface area contributed by atoms with Gasteiger partial charge in [-0.15, -0.1) is 11.6 Å². The second-order valence-electron chi connectivity index (χ2n) is 3.58. The van der Waals surface area contributed by atoms with Crippen molar-refractivity contribution in [1.29, 1.82) is 0 Å². The van der Waals surface area contributed by atoms with E-state index in [1.807, 2.05) is 37.3 Å². The number of halogens is 2. The molecule has 2 nitrogen and oxygen atoms in total. The third kappa shape index (κ3) is 3.11. The molecular weight excluding hydrogens is 257 g/mol. The van der Waals surface area contributed by atoms with E-state index >= 15 is 0 Å². The Labute approximate surface area is 110 Å². The van der Waals surface area contributed by atoms with Crippen molar-refractivity contribution < 1.29 is 4.42 Å². The van der Waals surface area contributed by atoms with Crippen molar-refractivity contribution in [3.63, 3.8) is 0 Å². The first-order valence-electron chi connectivity index (χ1n) is 5.15. The van der Waals surface area contributed by atoms with Gasteiger partial charge in [-0.3, -0.25) is 0 Å². The lowest BCUT2D eigenvalue weighted by Gasteiger charge is -1.92. The number of rotatable bonds is 3. The molecule has 1 aromatic heterocycles. The standard InChI is InChI=1S/C13H11Cl2NO/c1-9-12(8-14)16-13(17-9)6-5-10-3-2-4-11(15)7-10/h2-7H,8H2,1H3. The Kier molecular flexibility index (Phi) is 3.87. The molecule has 2 aromatic rings. The third-order valence-electron chi connectivity index (χ3n) is 2.30. The summed E-state index contributed by atoms with van der Waals surface area (Å²) in [7, 11) is 0. The van der Waals surface area contributed by atoms with Crippen LogP contribution < -0.4 is 0 Å². The lowest BCUT2D eigenvalue weighted by Crippen LogP contribution is -1.79. The van der Waals surface area contributed by atoms with E-state index in [1.54, 1.807) is 6.08 Å². The lowest BCUT2D eigenvalue weighted by molar-refractivity contribution is 0.515. The molecule has 2 rings (SSSR count). The average Bonchev–Trinajstić information content (AvgIpc) is 2.67. The topological polar surface area (TPSA) is 26.0 Å². The molecule has 4 heteroatoms. The molecule has 88 valence electrons. The largest absolute Gasteiger partial charge is 0.442 e. The van der Waals surface area contributed by atoms with Crippen molar-refractivity contribution in [1.82, 2.24) is 4.98 Å². The van der Waals surface area contributed by atoms with E-state index < -0.39 is 0 Å². The molecule has 0 radical (unpaired) electrons. The Bertz CT molecular complexity index is 546. The van der Waals surface area contributed by atoms with Gasteiger partial charge in [0.25, 0.3) is 0 Å². The summed E-state index contributed by atoms with van der Waals surface area (Å²) in [5.41, 5.74) is 1.78. The zero-order valence-corrected chi connectivity index (χ0v) is 10.8. The molecule has 1 aromatic carbocycles. The van der Waals surface area contributed by atoms with Gasteiger partial charge in [0, 0.05) is 11.1 Å². The summed E-state index contributed by atoms with van der Waals surface area (Å²) >= 11 is 11.6. The maximum atomic E-state index is 5.89. The maximum Gasteiger partial charge on any atom is 0.219 e. The van der Waals surface area contributed by atoms with E-state index in [0.717, 1.165) is 17.0 Å². The van der Waals surface area contributed by atoms with E-state index in [9.17, 15) is 0 Å². The number of benzene rings is 1. The number of hydrogen-bond donors (Lipinski definition) is 0. The van der Waals surface area contributed by atoms with Crippen molar-refractivity contribution in [3.8, 4) is 0 Å². The van der Waals surface area contributed by atoms with E-state index in [4.69, 9.17) is 27.6 Å². The van der Waals surface area contributed by atoms with E-state index in [2.05, 4.69) is 4.98 Å². The summed E-state index contributed by atoms with van der Waals surface area (Å²) in [6.07, 6.45) is 3.70. The second-order valence-corrected chi connectivity index (χ2v) is 4.28. The summed E-state index contributed by atoms with van der Waals surface area (Å²) in [6, 6.07) is 7.56. The van der Waals surface area contributed by atoms with Crippen LogP contribution in [0.4, 0.5) is 0 Å². The minimum atomic E-state index is 0.361. The Hall–Kier alpha value is -1.25.